The van der Waals surface area contributed by atoms with E-state index in [-0.39, 0.29) is 5.91 Å². The Hall–Kier alpha value is -3.15. The van der Waals surface area contributed by atoms with Crippen molar-refractivity contribution >= 4 is 23.5 Å². The van der Waals surface area contributed by atoms with Gasteiger partial charge in [0.1, 0.15) is 0 Å². The fourth-order valence-electron chi connectivity index (χ4n) is 3.23. The molecule has 0 saturated carbocycles. The molecule has 0 aliphatic rings. The number of carbonyl (C=O) groups excluding carboxylic acids is 3. The van der Waals surface area contributed by atoms with Crippen LogP contribution < -0.4 is 5.32 Å². The predicted molar refractivity (Wildman–Crippen MR) is 115 cm³/mol. The summed E-state index contributed by atoms with van der Waals surface area (Å²) in [5.41, 5.74) is 0.224. The number of carbonyl (C=O) groups is 3. The van der Waals surface area contributed by atoms with Crippen molar-refractivity contribution in [2.24, 2.45) is 5.41 Å². The summed E-state index contributed by atoms with van der Waals surface area (Å²) in [4.78, 5) is 39.2. The fourth-order valence-corrected chi connectivity index (χ4v) is 3.23. The Kier molecular flexibility index (Phi) is 6.70. The van der Waals surface area contributed by atoms with Gasteiger partial charge in [-0.05, 0) is 36.6 Å². The minimum atomic E-state index is -1.90. The molecule has 1 N–H and O–H groups in total. The van der Waals surface area contributed by atoms with Crippen molar-refractivity contribution in [1.82, 2.24) is 0 Å². The number of hydrogen-bond donors (Lipinski definition) is 1. The maximum Gasteiger partial charge on any atom is 0.332 e. The molecular weight excluding hydrogens is 382 g/mol. The van der Waals surface area contributed by atoms with E-state index in [2.05, 4.69) is 5.32 Å². The van der Waals surface area contributed by atoms with Gasteiger partial charge in [0.05, 0.1) is 14.2 Å². The topological polar surface area (TPSA) is 81.7 Å². The van der Waals surface area contributed by atoms with Crippen molar-refractivity contribution < 1.29 is 23.9 Å². The molecule has 6 nitrogen and oxygen atoms in total. The van der Waals surface area contributed by atoms with Crippen molar-refractivity contribution in [2.45, 2.75) is 40.0 Å². The molecule has 0 aliphatic heterocycles. The highest BCUT2D eigenvalue weighted by atomic mass is 16.5. The molecule has 2 aromatic carbocycles. The smallest absolute Gasteiger partial charge is 0.332 e. The van der Waals surface area contributed by atoms with Crippen LogP contribution in [0.1, 0.15) is 43.0 Å². The molecule has 30 heavy (non-hydrogen) atoms. The van der Waals surface area contributed by atoms with Crippen LogP contribution in [0.2, 0.25) is 0 Å². The van der Waals surface area contributed by atoms with Crippen LogP contribution in [0.4, 0.5) is 5.69 Å². The molecule has 0 saturated heterocycles. The normalized spacial score (nSPS) is 11.6. The lowest BCUT2D eigenvalue weighted by Gasteiger charge is -2.32. The average molecular weight is 411 g/mol. The summed E-state index contributed by atoms with van der Waals surface area (Å²) in [6.45, 7) is 9.13. The number of rotatable bonds is 5. The first-order chi connectivity index (χ1) is 14.0. The first-order valence-corrected chi connectivity index (χ1v) is 9.65. The van der Waals surface area contributed by atoms with Gasteiger partial charge in [0.15, 0.2) is 0 Å². The van der Waals surface area contributed by atoms with E-state index in [9.17, 15) is 14.4 Å². The molecule has 1 amide bonds. The summed E-state index contributed by atoms with van der Waals surface area (Å²) in [6, 6.07) is 12.1. The number of esters is 2. The van der Waals surface area contributed by atoms with Crippen LogP contribution in [0.15, 0.2) is 42.5 Å². The average Bonchev–Trinajstić information content (AvgIpc) is 2.71. The molecule has 0 fully saturated rings. The fraction of sp³-hybridized carbons (Fsp3) is 0.375. The van der Waals surface area contributed by atoms with Crippen molar-refractivity contribution in [3.05, 3.63) is 64.7 Å². The van der Waals surface area contributed by atoms with E-state index >= 15 is 0 Å². The van der Waals surface area contributed by atoms with E-state index in [0.717, 1.165) is 11.1 Å². The van der Waals surface area contributed by atoms with Crippen LogP contribution in [-0.4, -0.2) is 32.1 Å². The lowest BCUT2D eigenvalue weighted by atomic mass is 9.72. The van der Waals surface area contributed by atoms with E-state index in [4.69, 9.17) is 9.47 Å². The number of benzene rings is 2. The highest BCUT2D eigenvalue weighted by molar-refractivity contribution is 6.12. The highest BCUT2D eigenvalue weighted by Crippen LogP contribution is 2.41. The largest absolute Gasteiger partial charge is 0.468 e. The lowest BCUT2D eigenvalue weighted by molar-refractivity contribution is -0.159. The van der Waals surface area contributed by atoms with Crippen LogP contribution in [0, 0.1) is 19.3 Å². The quantitative estimate of drug-likeness (QED) is 0.596. The molecule has 6 heteroatoms. The van der Waals surface area contributed by atoms with E-state index in [1.165, 1.54) is 14.2 Å². The minimum absolute atomic E-state index is 0.247. The van der Waals surface area contributed by atoms with Gasteiger partial charge >= 0.3 is 11.9 Å². The maximum absolute atomic E-state index is 13.2. The molecule has 0 heterocycles. The van der Waals surface area contributed by atoms with Gasteiger partial charge < -0.3 is 14.8 Å². The third kappa shape index (κ3) is 4.08. The van der Waals surface area contributed by atoms with E-state index in [0.29, 0.717) is 16.8 Å². The lowest BCUT2D eigenvalue weighted by Crippen LogP contribution is -2.47. The van der Waals surface area contributed by atoms with Crippen LogP contribution in [-0.2, 0) is 29.3 Å². The summed E-state index contributed by atoms with van der Waals surface area (Å²) in [5.74, 6) is -1.84. The van der Waals surface area contributed by atoms with Gasteiger partial charge in [0.2, 0.25) is 11.3 Å². The first-order valence-electron chi connectivity index (χ1n) is 9.65. The zero-order valence-corrected chi connectivity index (χ0v) is 18.6. The van der Waals surface area contributed by atoms with Crippen molar-refractivity contribution in [3.63, 3.8) is 0 Å². The number of aryl methyl sites for hydroxylation is 2. The van der Waals surface area contributed by atoms with Gasteiger partial charge in [0.25, 0.3) is 0 Å². The Morgan fingerprint density at radius 1 is 0.833 bits per heavy atom. The summed E-state index contributed by atoms with van der Waals surface area (Å²) < 4.78 is 10.2. The second-order valence-corrected chi connectivity index (χ2v) is 8.29. The molecule has 0 bridgehead atoms. The van der Waals surface area contributed by atoms with E-state index in [1.807, 2.05) is 13.8 Å². The molecule has 0 radical (unpaired) electrons. The van der Waals surface area contributed by atoms with Crippen LogP contribution in [0.25, 0.3) is 0 Å². The van der Waals surface area contributed by atoms with Crippen LogP contribution in [0.5, 0.6) is 0 Å². The van der Waals surface area contributed by atoms with E-state index < -0.39 is 22.8 Å². The number of methoxy groups -OCH3 is 2. The highest BCUT2D eigenvalue weighted by Gasteiger charge is 2.53. The van der Waals surface area contributed by atoms with Crippen LogP contribution in [0.3, 0.4) is 0 Å². The second-order valence-electron chi connectivity index (χ2n) is 8.29. The Bertz CT molecular complexity index is 942. The second kappa shape index (κ2) is 8.69. The Balaban J connectivity index is 2.94. The van der Waals surface area contributed by atoms with Crippen molar-refractivity contribution in [1.29, 1.82) is 0 Å². The standard InChI is InChI=1S/C24H29NO5/c1-15-13-18(19(14-16(15)2)25-20(26)23(3,4)5)24(21(27)29-6,22(28)30-7)17-11-9-8-10-12-17/h8-14H,1-7H3,(H,25,26). The summed E-state index contributed by atoms with van der Waals surface area (Å²) in [5, 5.41) is 2.90. The van der Waals surface area contributed by atoms with E-state index in [1.54, 1.807) is 63.2 Å². The molecule has 2 aromatic rings. The first kappa shape index (κ1) is 23.1. The zero-order chi connectivity index (χ0) is 22.7. The van der Waals surface area contributed by atoms with Gasteiger partial charge in [-0.25, -0.2) is 0 Å². The number of hydrogen-bond acceptors (Lipinski definition) is 5. The Morgan fingerprint density at radius 2 is 1.33 bits per heavy atom. The number of nitrogens with one attached hydrogen (secondary N) is 1. The van der Waals surface area contributed by atoms with Gasteiger partial charge in [-0.2, -0.15) is 0 Å². The van der Waals surface area contributed by atoms with Crippen molar-refractivity contribution in [2.75, 3.05) is 19.5 Å². The molecule has 0 unspecified atom stereocenters. The predicted octanol–water partition coefficient (Wildman–Crippen LogP) is 3.92. The number of ether oxygens (including phenoxy) is 2. The SMILES string of the molecule is COC(=O)C(C(=O)OC)(c1ccccc1)c1cc(C)c(C)cc1NC(=O)C(C)(C)C. The number of amides is 1. The molecule has 0 aromatic heterocycles. The van der Waals surface area contributed by atoms with Gasteiger partial charge in [-0.3, -0.25) is 14.4 Å². The van der Waals surface area contributed by atoms with Gasteiger partial charge in [0, 0.05) is 16.7 Å². The summed E-state index contributed by atoms with van der Waals surface area (Å²) >= 11 is 0. The Morgan fingerprint density at radius 3 is 1.80 bits per heavy atom. The minimum Gasteiger partial charge on any atom is -0.468 e. The van der Waals surface area contributed by atoms with Gasteiger partial charge in [-0.1, -0.05) is 57.2 Å². The molecular formula is C24H29NO5. The Labute approximate surface area is 177 Å². The van der Waals surface area contributed by atoms with Crippen molar-refractivity contribution in [3.8, 4) is 0 Å². The summed E-state index contributed by atoms with van der Waals surface area (Å²) in [6.07, 6.45) is 0. The monoisotopic (exact) mass is 411 g/mol. The van der Waals surface area contributed by atoms with Gasteiger partial charge in [-0.15, -0.1) is 0 Å². The maximum atomic E-state index is 13.2. The molecule has 160 valence electrons. The zero-order valence-electron chi connectivity index (χ0n) is 18.6. The third-order valence-electron chi connectivity index (χ3n) is 5.16. The molecule has 0 spiro atoms. The van der Waals surface area contributed by atoms with Crippen LogP contribution >= 0.6 is 0 Å². The molecule has 2 rings (SSSR count). The number of anilines is 1. The summed E-state index contributed by atoms with van der Waals surface area (Å²) in [7, 11) is 2.44. The third-order valence-corrected chi connectivity index (χ3v) is 5.16. The molecule has 0 aliphatic carbocycles. The molecule has 0 atom stereocenters.